The molecule has 1 aliphatic carbocycles. The van der Waals surface area contributed by atoms with E-state index in [4.69, 9.17) is 4.74 Å². The van der Waals surface area contributed by atoms with Crippen LogP contribution in [0.1, 0.15) is 44.1 Å². The van der Waals surface area contributed by atoms with Crippen LogP contribution >= 0.6 is 0 Å². The van der Waals surface area contributed by atoms with Crippen LogP contribution in [0.3, 0.4) is 0 Å². The van der Waals surface area contributed by atoms with Crippen LogP contribution in [-0.2, 0) is 16.0 Å². The zero-order chi connectivity index (χ0) is 17.6. The van der Waals surface area contributed by atoms with Gasteiger partial charge in [0.05, 0.1) is 18.6 Å². The van der Waals surface area contributed by atoms with E-state index in [1.54, 1.807) is 0 Å². The molecule has 0 radical (unpaired) electrons. The summed E-state index contributed by atoms with van der Waals surface area (Å²) in [5.74, 6) is -0.315. The first-order valence-corrected chi connectivity index (χ1v) is 9.33. The summed E-state index contributed by atoms with van der Waals surface area (Å²) in [5.41, 5.74) is 1.07. The third-order valence-corrected chi connectivity index (χ3v) is 5.42. The lowest BCUT2D eigenvalue weighted by molar-refractivity contribution is -0.135. The summed E-state index contributed by atoms with van der Waals surface area (Å²) in [6.45, 7) is 0.0121. The molecule has 5 heteroatoms. The molecule has 1 saturated heterocycles. The van der Waals surface area contributed by atoms with Crippen LogP contribution in [0.5, 0.6) is 0 Å². The topological polar surface area (TPSA) is 66.8 Å². The Labute approximate surface area is 149 Å². The summed E-state index contributed by atoms with van der Waals surface area (Å²) in [5, 5.41) is 9.75. The molecule has 1 N–H and O–H groups in total. The molecule has 2 unspecified atom stereocenters. The quantitative estimate of drug-likeness (QED) is 0.860. The number of carbonyl (C=O) groups excluding carboxylic acids is 2. The number of imide groups is 1. The van der Waals surface area contributed by atoms with Gasteiger partial charge in [-0.2, -0.15) is 0 Å². The molecule has 1 aromatic rings. The van der Waals surface area contributed by atoms with Crippen molar-refractivity contribution >= 4 is 12.0 Å². The lowest BCUT2D eigenvalue weighted by Gasteiger charge is -2.28. The maximum Gasteiger partial charge on any atom is 0.416 e. The Morgan fingerprint density at radius 2 is 1.92 bits per heavy atom. The number of benzene rings is 1. The summed E-state index contributed by atoms with van der Waals surface area (Å²) in [6.07, 6.45) is 6.54. The molecule has 1 aliphatic heterocycles. The molecule has 2 atom stereocenters. The fourth-order valence-corrected chi connectivity index (χ4v) is 4.04. The highest BCUT2D eigenvalue weighted by atomic mass is 16.6. The minimum absolute atomic E-state index is 0.211. The van der Waals surface area contributed by atoms with Crippen molar-refractivity contribution in [2.24, 2.45) is 11.8 Å². The van der Waals surface area contributed by atoms with Crippen molar-refractivity contribution in [3.63, 3.8) is 0 Å². The highest BCUT2D eigenvalue weighted by Crippen LogP contribution is 2.30. The molecule has 0 aromatic heterocycles. The molecule has 2 fully saturated rings. The Bertz CT molecular complexity index is 583. The van der Waals surface area contributed by atoms with Gasteiger partial charge in [0.15, 0.2) is 0 Å². The number of hydrogen-bond acceptors (Lipinski definition) is 4. The van der Waals surface area contributed by atoms with Crippen LogP contribution in [0.15, 0.2) is 30.3 Å². The number of amides is 2. The van der Waals surface area contributed by atoms with Crippen molar-refractivity contribution in [3.05, 3.63) is 35.9 Å². The predicted octanol–water partition coefficient (Wildman–Crippen LogP) is 3.16. The third-order valence-electron chi connectivity index (χ3n) is 5.42. The van der Waals surface area contributed by atoms with Crippen molar-refractivity contribution in [3.8, 4) is 0 Å². The van der Waals surface area contributed by atoms with Crippen molar-refractivity contribution in [1.29, 1.82) is 0 Å². The molecule has 0 bridgehead atoms. The van der Waals surface area contributed by atoms with E-state index in [2.05, 4.69) is 0 Å². The van der Waals surface area contributed by atoms with Crippen molar-refractivity contribution in [2.75, 3.05) is 13.2 Å². The average Bonchev–Trinajstić information content (AvgIpc) is 3.01. The van der Waals surface area contributed by atoms with E-state index in [1.165, 1.54) is 24.2 Å². The third kappa shape index (κ3) is 4.40. The molecule has 3 rings (SSSR count). The number of nitrogens with zero attached hydrogens (tertiary/aromatic N) is 1. The first kappa shape index (κ1) is 17.9. The van der Waals surface area contributed by atoms with Gasteiger partial charge in [0.1, 0.15) is 6.61 Å². The summed E-state index contributed by atoms with van der Waals surface area (Å²) >= 11 is 0. The summed E-state index contributed by atoms with van der Waals surface area (Å²) in [4.78, 5) is 26.3. The van der Waals surface area contributed by atoms with Gasteiger partial charge in [-0.25, -0.2) is 9.69 Å². The molecule has 5 nitrogen and oxygen atoms in total. The Morgan fingerprint density at radius 3 is 2.60 bits per heavy atom. The van der Waals surface area contributed by atoms with Crippen LogP contribution in [0.25, 0.3) is 0 Å². The summed E-state index contributed by atoms with van der Waals surface area (Å²) < 4.78 is 5.14. The lowest BCUT2D eigenvalue weighted by atomic mass is 9.82. The fraction of sp³-hybridized carbons (Fsp3) is 0.600. The van der Waals surface area contributed by atoms with Crippen LogP contribution in [0.4, 0.5) is 4.79 Å². The summed E-state index contributed by atoms with van der Waals surface area (Å²) in [6, 6.07) is 9.50. The standard InChI is InChI=1S/C20H27NO4/c22-13-17(11-15-7-3-1-4-8-15)19(23)21-18(14-25-20(21)24)12-16-9-5-2-6-10-16/h2,5-6,9-10,15,17-18,22H,1,3-4,7-8,11-14H2. The first-order chi connectivity index (χ1) is 12.2. The van der Waals surface area contributed by atoms with Crippen molar-refractivity contribution in [2.45, 2.75) is 51.0 Å². The second-order valence-corrected chi connectivity index (χ2v) is 7.25. The zero-order valence-electron chi connectivity index (χ0n) is 14.6. The number of ether oxygens (including phenoxy) is 1. The number of rotatable bonds is 6. The molecule has 1 saturated carbocycles. The molecule has 25 heavy (non-hydrogen) atoms. The number of cyclic esters (lactones) is 1. The number of aliphatic hydroxyl groups is 1. The number of hydrogen-bond donors (Lipinski definition) is 1. The second-order valence-electron chi connectivity index (χ2n) is 7.25. The lowest BCUT2D eigenvalue weighted by Crippen LogP contribution is -2.45. The van der Waals surface area contributed by atoms with Crippen molar-refractivity contribution < 1.29 is 19.4 Å². The largest absolute Gasteiger partial charge is 0.447 e. The fourth-order valence-electron chi connectivity index (χ4n) is 4.04. The van der Waals surface area contributed by atoms with Crippen LogP contribution in [-0.4, -0.2) is 41.3 Å². The van der Waals surface area contributed by atoms with E-state index in [-0.39, 0.29) is 25.2 Å². The van der Waals surface area contributed by atoms with Gasteiger partial charge in [0, 0.05) is 0 Å². The van der Waals surface area contributed by atoms with Crippen LogP contribution in [0, 0.1) is 11.8 Å². The Morgan fingerprint density at radius 1 is 1.20 bits per heavy atom. The molecular formula is C20H27NO4. The minimum Gasteiger partial charge on any atom is -0.447 e. The molecule has 2 amide bonds. The van der Waals surface area contributed by atoms with E-state index in [0.717, 1.165) is 18.4 Å². The zero-order valence-corrected chi connectivity index (χ0v) is 14.6. The van der Waals surface area contributed by atoms with Gasteiger partial charge in [0.2, 0.25) is 5.91 Å². The Kier molecular flexibility index (Phi) is 6.08. The maximum absolute atomic E-state index is 12.9. The molecule has 2 aliphatic rings. The van der Waals surface area contributed by atoms with E-state index >= 15 is 0 Å². The Hall–Kier alpha value is -1.88. The average molecular weight is 345 g/mol. The molecule has 0 spiro atoms. The van der Waals surface area contributed by atoms with Crippen molar-refractivity contribution in [1.82, 2.24) is 4.90 Å². The van der Waals surface area contributed by atoms with Gasteiger partial charge in [-0.15, -0.1) is 0 Å². The maximum atomic E-state index is 12.9. The van der Waals surface area contributed by atoms with Crippen LogP contribution in [0.2, 0.25) is 0 Å². The SMILES string of the molecule is O=C1OCC(Cc2ccccc2)N1C(=O)C(CO)CC1CCCCC1. The van der Waals surface area contributed by atoms with E-state index in [0.29, 0.717) is 18.8 Å². The van der Waals surface area contributed by atoms with E-state index in [9.17, 15) is 14.7 Å². The predicted molar refractivity (Wildman–Crippen MR) is 93.9 cm³/mol. The highest BCUT2D eigenvalue weighted by molar-refractivity contribution is 5.94. The molecular weight excluding hydrogens is 318 g/mol. The smallest absolute Gasteiger partial charge is 0.416 e. The second kappa shape index (κ2) is 8.48. The van der Waals surface area contributed by atoms with Crippen LogP contribution < -0.4 is 0 Å². The monoisotopic (exact) mass is 345 g/mol. The minimum atomic E-state index is -0.576. The van der Waals surface area contributed by atoms with Gasteiger partial charge >= 0.3 is 6.09 Å². The van der Waals surface area contributed by atoms with Gasteiger partial charge in [-0.05, 0) is 24.3 Å². The molecule has 1 aromatic carbocycles. The first-order valence-electron chi connectivity index (χ1n) is 9.33. The van der Waals surface area contributed by atoms with E-state index < -0.39 is 12.0 Å². The summed E-state index contributed by atoms with van der Waals surface area (Å²) in [7, 11) is 0. The number of aliphatic hydroxyl groups excluding tert-OH is 1. The molecule has 136 valence electrons. The normalized spacial score (nSPS) is 22.7. The van der Waals surface area contributed by atoms with Gasteiger partial charge < -0.3 is 9.84 Å². The van der Waals surface area contributed by atoms with Gasteiger partial charge in [0.25, 0.3) is 0 Å². The van der Waals surface area contributed by atoms with Gasteiger partial charge in [-0.1, -0.05) is 62.4 Å². The van der Waals surface area contributed by atoms with E-state index in [1.807, 2.05) is 30.3 Å². The van der Waals surface area contributed by atoms with Gasteiger partial charge in [-0.3, -0.25) is 4.79 Å². The number of carbonyl (C=O) groups is 2. The molecule has 1 heterocycles. The Balaban J connectivity index is 1.67. The highest BCUT2D eigenvalue weighted by Gasteiger charge is 2.41.